The van der Waals surface area contributed by atoms with Crippen LogP contribution < -0.4 is 5.32 Å². The summed E-state index contributed by atoms with van der Waals surface area (Å²) in [6.07, 6.45) is 0. The maximum atomic E-state index is 13.0. The van der Waals surface area contributed by atoms with Gasteiger partial charge >= 0.3 is 0 Å². The summed E-state index contributed by atoms with van der Waals surface area (Å²) in [7, 11) is -3.63. The Morgan fingerprint density at radius 1 is 0.967 bits per heavy atom. The number of fused-ring (bicyclic) bond motifs is 1. The minimum atomic E-state index is -3.63. The predicted octanol–water partition coefficient (Wildman–Crippen LogP) is 2.16. The molecule has 1 aromatic heterocycles. The van der Waals surface area contributed by atoms with Crippen molar-refractivity contribution in [2.24, 2.45) is 0 Å². The van der Waals surface area contributed by atoms with Gasteiger partial charge in [-0.25, -0.2) is 8.42 Å². The van der Waals surface area contributed by atoms with Gasteiger partial charge in [0.1, 0.15) is 0 Å². The van der Waals surface area contributed by atoms with Gasteiger partial charge in [0.15, 0.2) is 0 Å². The normalized spacial score (nSPS) is 15.3. The van der Waals surface area contributed by atoms with E-state index in [1.54, 1.807) is 39.9 Å². The van der Waals surface area contributed by atoms with Crippen LogP contribution in [-0.2, 0) is 14.8 Å². The number of piperazine rings is 1. The second-order valence-corrected chi connectivity index (χ2v) is 9.71. The molecule has 3 aromatic rings. The van der Waals surface area contributed by atoms with Gasteiger partial charge in [0, 0.05) is 37.1 Å². The first-order chi connectivity index (χ1) is 14.4. The van der Waals surface area contributed by atoms with E-state index in [-0.39, 0.29) is 36.3 Å². The molecule has 0 atom stereocenters. The van der Waals surface area contributed by atoms with E-state index in [2.05, 4.69) is 5.32 Å². The first-order valence-electron chi connectivity index (χ1n) is 9.52. The summed E-state index contributed by atoms with van der Waals surface area (Å²) in [5.41, 5.74) is 0.527. The lowest BCUT2D eigenvalue weighted by Crippen LogP contribution is -2.52. The molecule has 156 valence electrons. The first kappa shape index (κ1) is 20.5. The van der Waals surface area contributed by atoms with Crippen molar-refractivity contribution in [2.45, 2.75) is 4.90 Å². The number of nitrogens with one attached hydrogen (secondary N) is 1. The Kier molecular flexibility index (Phi) is 5.85. The number of thiophene rings is 1. The van der Waals surface area contributed by atoms with Crippen molar-refractivity contribution < 1.29 is 18.0 Å². The number of hydrogen-bond donors (Lipinski definition) is 1. The number of rotatable bonds is 5. The molecule has 0 unspecified atom stereocenters. The summed E-state index contributed by atoms with van der Waals surface area (Å²) in [6, 6.07) is 14.4. The van der Waals surface area contributed by atoms with Gasteiger partial charge < -0.3 is 10.2 Å². The molecule has 0 bridgehead atoms. The molecule has 1 aliphatic heterocycles. The Labute approximate surface area is 179 Å². The Balaban J connectivity index is 1.36. The molecule has 0 radical (unpaired) electrons. The molecule has 0 saturated carbocycles. The number of hydrogen-bond acceptors (Lipinski definition) is 5. The zero-order chi connectivity index (χ0) is 21.1. The second-order valence-electron chi connectivity index (χ2n) is 6.99. The number of carbonyl (C=O) groups is 2. The molecule has 4 rings (SSSR count). The molecular formula is C21H21N3O4S2. The van der Waals surface area contributed by atoms with Crippen LogP contribution in [0.2, 0.25) is 0 Å². The van der Waals surface area contributed by atoms with Crippen LogP contribution >= 0.6 is 11.3 Å². The molecule has 1 N–H and O–H groups in total. The lowest BCUT2D eigenvalue weighted by atomic mass is 10.1. The van der Waals surface area contributed by atoms with Crippen LogP contribution in [0.5, 0.6) is 0 Å². The number of amides is 2. The standard InChI is InChI=1S/C21H21N3O4S2/c25-20(14-22-21(26)18-7-12-29-15-18)23-8-10-24(11-9-23)30(27,28)19-6-5-16-3-1-2-4-17(16)13-19/h1-7,12-13,15H,8-11,14H2,(H,22,26). The van der Waals surface area contributed by atoms with Crippen LogP contribution in [0.1, 0.15) is 10.4 Å². The van der Waals surface area contributed by atoms with Crippen molar-refractivity contribution in [3.05, 3.63) is 64.9 Å². The Morgan fingerprint density at radius 3 is 2.40 bits per heavy atom. The van der Waals surface area contributed by atoms with Gasteiger partial charge in [0.05, 0.1) is 11.4 Å². The predicted molar refractivity (Wildman–Crippen MR) is 116 cm³/mol. The highest BCUT2D eigenvalue weighted by Crippen LogP contribution is 2.22. The van der Waals surface area contributed by atoms with Gasteiger partial charge in [-0.15, -0.1) is 0 Å². The Morgan fingerprint density at radius 2 is 1.70 bits per heavy atom. The smallest absolute Gasteiger partial charge is 0.252 e. The van der Waals surface area contributed by atoms with Gasteiger partial charge in [-0.3, -0.25) is 9.59 Å². The minimum absolute atomic E-state index is 0.105. The van der Waals surface area contributed by atoms with Crippen LogP contribution in [0.4, 0.5) is 0 Å². The van der Waals surface area contributed by atoms with E-state index in [0.717, 1.165) is 10.8 Å². The molecule has 9 heteroatoms. The Bertz CT molecular complexity index is 1170. The molecule has 2 heterocycles. The van der Waals surface area contributed by atoms with Gasteiger partial charge in [-0.05, 0) is 34.4 Å². The summed E-state index contributed by atoms with van der Waals surface area (Å²) in [4.78, 5) is 26.2. The average molecular weight is 444 g/mol. The highest BCUT2D eigenvalue weighted by Gasteiger charge is 2.30. The third kappa shape index (κ3) is 4.23. The van der Waals surface area contributed by atoms with Crippen LogP contribution in [0.25, 0.3) is 10.8 Å². The minimum Gasteiger partial charge on any atom is -0.343 e. The highest BCUT2D eigenvalue weighted by molar-refractivity contribution is 7.89. The van der Waals surface area contributed by atoms with E-state index in [1.165, 1.54) is 15.6 Å². The van der Waals surface area contributed by atoms with Gasteiger partial charge in [-0.1, -0.05) is 30.3 Å². The average Bonchev–Trinajstić information content (AvgIpc) is 3.32. The fourth-order valence-corrected chi connectivity index (χ4v) is 5.51. The lowest BCUT2D eigenvalue weighted by Gasteiger charge is -2.34. The lowest BCUT2D eigenvalue weighted by molar-refractivity contribution is -0.131. The van der Waals surface area contributed by atoms with Crippen LogP contribution in [0.15, 0.2) is 64.2 Å². The summed E-state index contributed by atoms with van der Waals surface area (Å²) in [5.74, 6) is -0.511. The first-order valence-corrected chi connectivity index (χ1v) is 11.9. The SMILES string of the molecule is O=C(NCC(=O)N1CCN(S(=O)(=O)c2ccc3ccccc3c2)CC1)c1ccsc1. The molecule has 1 fully saturated rings. The van der Waals surface area contributed by atoms with Crippen molar-refractivity contribution in [2.75, 3.05) is 32.7 Å². The summed E-state index contributed by atoms with van der Waals surface area (Å²) < 4.78 is 27.4. The number of benzene rings is 2. The van der Waals surface area contributed by atoms with Crippen LogP contribution in [0, 0.1) is 0 Å². The number of carbonyl (C=O) groups excluding carboxylic acids is 2. The van der Waals surface area contributed by atoms with Crippen LogP contribution in [0.3, 0.4) is 0 Å². The van der Waals surface area contributed by atoms with Gasteiger partial charge in [-0.2, -0.15) is 15.6 Å². The van der Waals surface area contributed by atoms with Crippen molar-refractivity contribution in [3.8, 4) is 0 Å². The van der Waals surface area contributed by atoms with Crippen molar-refractivity contribution >= 4 is 43.9 Å². The van der Waals surface area contributed by atoms with E-state index >= 15 is 0 Å². The maximum absolute atomic E-state index is 13.0. The third-order valence-corrected chi connectivity index (χ3v) is 7.71. The molecule has 2 amide bonds. The molecule has 1 saturated heterocycles. The fourth-order valence-electron chi connectivity index (χ4n) is 3.42. The molecule has 30 heavy (non-hydrogen) atoms. The molecular weight excluding hydrogens is 422 g/mol. The molecule has 7 nitrogen and oxygen atoms in total. The van der Waals surface area contributed by atoms with Gasteiger partial charge in [0.2, 0.25) is 15.9 Å². The quantitative estimate of drug-likeness (QED) is 0.655. The molecule has 0 spiro atoms. The topological polar surface area (TPSA) is 86.8 Å². The third-order valence-electron chi connectivity index (χ3n) is 5.13. The number of sulfonamides is 1. The van der Waals surface area contributed by atoms with Crippen LogP contribution in [-0.4, -0.2) is 62.2 Å². The highest BCUT2D eigenvalue weighted by atomic mass is 32.2. The summed E-state index contributed by atoms with van der Waals surface area (Å²) in [6.45, 7) is 0.921. The molecule has 0 aliphatic carbocycles. The summed E-state index contributed by atoms with van der Waals surface area (Å²) >= 11 is 1.41. The maximum Gasteiger partial charge on any atom is 0.252 e. The van der Waals surface area contributed by atoms with E-state index in [0.29, 0.717) is 18.7 Å². The fraction of sp³-hybridized carbons (Fsp3) is 0.238. The van der Waals surface area contributed by atoms with Crippen molar-refractivity contribution in [1.29, 1.82) is 0 Å². The number of nitrogens with zero attached hydrogens (tertiary/aromatic N) is 2. The summed E-state index contributed by atoms with van der Waals surface area (Å²) in [5, 5.41) is 7.98. The van der Waals surface area contributed by atoms with Crippen molar-refractivity contribution in [3.63, 3.8) is 0 Å². The zero-order valence-corrected chi connectivity index (χ0v) is 17.8. The van der Waals surface area contributed by atoms with Crippen molar-refractivity contribution in [1.82, 2.24) is 14.5 Å². The van der Waals surface area contributed by atoms with E-state index < -0.39 is 10.0 Å². The van der Waals surface area contributed by atoms with E-state index in [9.17, 15) is 18.0 Å². The van der Waals surface area contributed by atoms with E-state index in [4.69, 9.17) is 0 Å². The zero-order valence-electron chi connectivity index (χ0n) is 16.2. The Hall–Kier alpha value is -2.75. The van der Waals surface area contributed by atoms with Gasteiger partial charge in [0.25, 0.3) is 5.91 Å². The second kappa shape index (κ2) is 8.55. The van der Waals surface area contributed by atoms with E-state index in [1.807, 2.05) is 24.3 Å². The molecule has 2 aromatic carbocycles. The largest absolute Gasteiger partial charge is 0.343 e. The monoisotopic (exact) mass is 443 g/mol. The molecule has 1 aliphatic rings.